The third kappa shape index (κ3) is 4.89. The largest absolute Gasteiger partial charge is 0.416 e. The Kier molecular flexibility index (Phi) is 6.36. The van der Waals surface area contributed by atoms with Crippen LogP contribution in [0.3, 0.4) is 0 Å². The third-order valence-corrected chi connectivity index (χ3v) is 6.67. The van der Waals surface area contributed by atoms with E-state index in [0.717, 1.165) is 58.6 Å². The summed E-state index contributed by atoms with van der Waals surface area (Å²) in [6.45, 7) is 2.05. The van der Waals surface area contributed by atoms with Crippen LogP contribution in [0.25, 0.3) is 22.2 Å². The molecule has 2 aromatic carbocycles. The molecule has 2 aromatic heterocycles. The van der Waals surface area contributed by atoms with Crippen LogP contribution < -0.4 is 10.6 Å². The van der Waals surface area contributed by atoms with Gasteiger partial charge in [-0.25, -0.2) is 9.97 Å². The summed E-state index contributed by atoms with van der Waals surface area (Å²) < 4.78 is 41.3. The lowest BCUT2D eigenvalue weighted by Crippen LogP contribution is -2.30. The van der Waals surface area contributed by atoms with E-state index in [-0.39, 0.29) is 12.3 Å². The van der Waals surface area contributed by atoms with Crippen molar-refractivity contribution in [3.8, 4) is 11.1 Å². The lowest BCUT2D eigenvalue weighted by molar-refractivity contribution is -0.137. The van der Waals surface area contributed by atoms with E-state index >= 15 is 0 Å². The molecule has 1 aliphatic heterocycles. The molecule has 0 aliphatic carbocycles. The zero-order chi connectivity index (χ0) is 26.3. The zero-order valence-electron chi connectivity index (χ0n) is 20.6. The van der Waals surface area contributed by atoms with Crippen LogP contribution in [-0.4, -0.2) is 52.5 Å². The summed E-state index contributed by atoms with van der Waals surface area (Å²) in [5, 5.41) is 0.789. The maximum Gasteiger partial charge on any atom is 0.416 e. The molecule has 0 unspecified atom stereocenters. The monoisotopic (exact) mass is 508 g/mol. The number of benzene rings is 2. The molecule has 192 valence electrons. The lowest BCUT2D eigenvalue weighted by atomic mass is 10.0. The molecule has 3 heterocycles. The number of amides is 1. The molecular weight excluding hydrogens is 481 g/mol. The van der Waals surface area contributed by atoms with Crippen LogP contribution in [0.5, 0.6) is 0 Å². The van der Waals surface area contributed by atoms with E-state index in [1.807, 2.05) is 38.5 Å². The van der Waals surface area contributed by atoms with Gasteiger partial charge in [0.05, 0.1) is 17.4 Å². The summed E-state index contributed by atoms with van der Waals surface area (Å²) in [6, 6.07) is 10.8. The first-order chi connectivity index (χ1) is 17.6. The molecule has 37 heavy (non-hydrogen) atoms. The zero-order valence-corrected chi connectivity index (χ0v) is 20.6. The minimum atomic E-state index is -4.44. The Morgan fingerprint density at radius 3 is 2.70 bits per heavy atom. The summed E-state index contributed by atoms with van der Waals surface area (Å²) in [7, 11) is 4.02. The second kappa shape index (κ2) is 9.51. The minimum Gasteiger partial charge on any atom is -0.383 e. The van der Waals surface area contributed by atoms with E-state index in [2.05, 4.69) is 19.4 Å². The molecule has 0 saturated heterocycles. The number of carbonyl (C=O) groups is 1. The van der Waals surface area contributed by atoms with Crippen molar-refractivity contribution in [1.29, 1.82) is 0 Å². The molecule has 0 saturated carbocycles. The number of anilines is 2. The summed E-state index contributed by atoms with van der Waals surface area (Å²) >= 11 is 0. The molecule has 0 fully saturated rings. The Morgan fingerprint density at radius 1 is 1.14 bits per heavy atom. The highest BCUT2D eigenvalue weighted by atomic mass is 19.4. The van der Waals surface area contributed by atoms with Gasteiger partial charge in [0.25, 0.3) is 0 Å². The Balaban J connectivity index is 1.42. The van der Waals surface area contributed by atoms with E-state index in [4.69, 9.17) is 5.73 Å². The van der Waals surface area contributed by atoms with E-state index in [0.29, 0.717) is 24.3 Å². The van der Waals surface area contributed by atoms with Crippen molar-refractivity contribution in [1.82, 2.24) is 19.4 Å². The minimum absolute atomic E-state index is 0.0989. The van der Waals surface area contributed by atoms with Crippen molar-refractivity contribution in [3.63, 3.8) is 0 Å². The van der Waals surface area contributed by atoms with Crippen LogP contribution in [0.2, 0.25) is 0 Å². The third-order valence-electron chi connectivity index (χ3n) is 6.67. The number of likely N-dealkylation sites (N-methyl/N-ethyl adjacent to an activating group) is 1. The Morgan fingerprint density at radius 2 is 1.95 bits per heavy atom. The molecule has 0 radical (unpaired) electrons. The highest BCUT2D eigenvalue weighted by Gasteiger charge is 2.31. The summed E-state index contributed by atoms with van der Waals surface area (Å²) in [5.74, 6) is 0.172. The van der Waals surface area contributed by atoms with E-state index in [1.54, 1.807) is 11.0 Å². The number of rotatable bonds is 6. The van der Waals surface area contributed by atoms with Gasteiger partial charge in [0.2, 0.25) is 5.91 Å². The van der Waals surface area contributed by atoms with Crippen molar-refractivity contribution in [2.75, 3.05) is 37.8 Å². The van der Waals surface area contributed by atoms with Gasteiger partial charge in [0, 0.05) is 37.1 Å². The van der Waals surface area contributed by atoms with Gasteiger partial charge < -0.3 is 20.1 Å². The van der Waals surface area contributed by atoms with Gasteiger partial charge in [-0.1, -0.05) is 24.3 Å². The number of fused-ring (bicyclic) bond motifs is 2. The standard InChI is InChI=1S/C27H27F3N6O/c1-34(2)10-11-35-15-21(24-25(31)32-16-33-26(24)35)18-6-7-22-19(14-18)8-9-36(22)23(37)13-17-4-3-5-20(12-17)27(28,29)30/h3-7,12,14-16H,8-11,13H2,1-2H3,(H2,31,32,33). The Hall–Kier alpha value is -3.92. The van der Waals surface area contributed by atoms with Crippen LogP contribution in [0, 0.1) is 0 Å². The lowest BCUT2D eigenvalue weighted by Gasteiger charge is -2.18. The van der Waals surface area contributed by atoms with Crippen molar-refractivity contribution in [2.45, 2.75) is 25.6 Å². The highest BCUT2D eigenvalue weighted by Crippen LogP contribution is 2.37. The fraction of sp³-hybridized carbons (Fsp3) is 0.296. The predicted octanol–water partition coefficient (Wildman–Crippen LogP) is 4.39. The van der Waals surface area contributed by atoms with Gasteiger partial charge in [-0.05, 0) is 55.4 Å². The molecular formula is C27H27F3N6O. The number of nitrogens with zero attached hydrogens (tertiary/aromatic N) is 5. The molecule has 4 aromatic rings. The second-order valence-corrected chi connectivity index (χ2v) is 9.51. The first-order valence-electron chi connectivity index (χ1n) is 12.0. The summed E-state index contributed by atoms with van der Waals surface area (Å²) in [4.78, 5) is 25.4. The van der Waals surface area contributed by atoms with Crippen molar-refractivity contribution >= 4 is 28.4 Å². The molecule has 2 N–H and O–H groups in total. The van der Waals surface area contributed by atoms with Gasteiger partial charge in [-0.15, -0.1) is 0 Å². The average molecular weight is 509 g/mol. The number of hydrogen-bond acceptors (Lipinski definition) is 5. The Labute approximate surface area is 212 Å². The van der Waals surface area contributed by atoms with Crippen molar-refractivity contribution in [2.24, 2.45) is 0 Å². The molecule has 10 heteroatoms. The first-order valence-corrected chi connectivity index (χ1v) is 12.0. The first kappa shape index (κ1) is 24.8. The van der Waals surface area contributed by atoms with E-state index in [1.165, 1.54) is 12.4 Å². The van der Waals surface area contributed by atoms with Crippen LogP contribution in [0.4, 0.5) is 24.7 Å². The number of alkyl halides is 3. The number of nitrogen functional groups attached to an aromatic ring is 1. The van der Waals surface area contributed by atoms with Crippen LogP contribution in [-0.2, 0) is 30.4 Å². The van der Waals surface area contributed by atoms with E-state index in [9.17, 15) is 18.0 Å². The molecule has 1 amide bonds. The van der Waals surface area contributed by atoms with E-state index < -0.39 is 11.7 Å². The highest BCUT2D eigenvalue weighted by molar-refractivity contribution is 6.02. The number of carbonyl (C=O) groups excluding carboxylic acids is 1. The van der Waals surface area contributed by atoms with Crippen molar-refractivity contribution < 1.29 is 18.0 Å². The fourth-order valence-corrected chi connectivity index (χ4v) is 4.80. The van der Waals surface area contributed by atoms with Crippen LogP contribution in [0.1, 0.15) is 16.7 Å². The topological polar surface area (TPSA) is 80.3 Å². The molecule has 0 bridgehead atoms. The fourth-order valence-electron chi connectivity index (χ4n) is 4.80. The number of aromatic nitrogens is 3. The van der Waals surface area contributed by atoms with Crippen LogP contribution in [0.15, 0.2) is 55.0 Å². The van der Waals surface area contributed by atoms with Crippen LogP contribution >= 0.6 is 0 Å². The van der Waals surface area contributed by atoms with Gasteiger partial charge in [0.15, 0.2) is 0 Å². The molecule has 0 atom stereocenters. The maximum absolute atomic E-state index is 13.1. The Bertz CT molecular complexity index is 1480. The van der Waals surface area contributed by atoms with Gasteiger partial charge in [-0.3, -0.25) is 4.79 Å². The predicted molar refractivity (Wildman–Crippen MR) is 137 cm³/mol. The van der Waals surface area contributed by atoms with Gasteiger partial charge >= 0.3 is 6.18 Å². The second-order valence-electron chi connectivity index (χ2n) is 9.51. The smallest absolute Gasteiger partial charge is 0.383 e. The molecule has 7 nitrogen and oxygen atoms in total. The average Bonchev–Trinajstić information content (AvgIpc) is 3.44. The van der Waals surface area contributed by atoms with Gasteiger partial charge in [0.1, 0.15) is 17.8 Å². The quantitative estimate of drug-likeness (QED) is 0.418. The molecule has 5 rings (SSSR count). The SMILES string of the molecule is CN(C)CCn1cc(-c2ccc3c(c2)CCN3C(=O)Cc2cccc(C(F)(F)F)c2)c2c(N)ncnc21. The molecule has 0 spiro atoms. The maximum atomic E-state index is 13.1. The normalized spacial score (nSPS) is 13.5. The summed E-state index contributed by atoms with van der Waals surface area (Å²) in [6.07, 6.45) is -0.391. The molecule has 1 aliphatic rings. The number of hydrogen-bond donors (Lipinski definition) is 1. The van der Waals surface area contributed by atoms with Gasteiger partial charge in [-0.2, -0.15) is 13.2 Å². The number of halogens is 3. The van der Waals surface area contributed by atoms with Crippen molar-refractivity contribution in [3.05, 3.63) is 71.7 Å². The summed E-state index contributed by atoms with van der Waals surface area (Å²) in [5.41, 5.74) is 10.2. The number of nitrogens with two attached hydrogens (primary N) is 1.